The Hall–Kier alpha value is -3.20. The van der Waals surface area contributed by atoms with Crippen LogP contribution in [0.5, 0.6) is 0 Å². The topological polar surface area (TPSA) is 119 Å². The van der Waals surface area contributed by atoms with Crippen molar-refractivity contribution < 1.29 is 4.79 Å². The fourth-order valence-corrected chi connectivity index (χ4v) is 4.44. The number of hydrogen-bond donors (Lipinski definition) is 2. The highest BCUT2D eigenvalue weighted by Gasteiger charge is 2.26. The van der Waals surface area contributed by atoms with E-state index in [4.69, 9.17) is 10.7 Å². The van der Waals surface area contributed by atoms with Crippen molar-refractivity contribution in [2.75, 3.05) is 13.1 Å². The van der Waals surface area contributed by atoms with Crippen LogP contribution < -0.4 is 17.0 Å². The molecule has 9 nitrogen and oxygen atoms in total. The van der Waals surface area contributed by atoms with Gasteiger partial charge in [0.1, 0.15) is 5.82 Å². The summed E-state index contributed by atoms with van der Waals surface area (Å²) >= 11 is 0. The summed E-state index contributed by atoms with van der Waals surface area (Å²) in [5.74, 6) is 0.288. The lowest BCUT2D eigenvalue weighted by Gasteiger charge is -2.30. The molecule has 1 fully saturated rings. The Labute approximate surface area is 185 Å². The lowest BCUT2D eigenvalue weighted by Crippen LogP contribution is -2.41. The molecule has 1 aromatic carbocycles. The maximum Gasteiger partial charge on any atom is 0.330 e. The zero-order chi connectivity index (χ0) is 22.7. The molecule has 1 saturated heterocycles. The van der Waals surface area contributed by atoms with Gasteiger partial charge in [-0.15, -0.1) is 0 Å². The second-order valence-electron chi connectivity index (χ2n) is 8.51. The normalized spacial score (nSPS) is 17.1. The standard InChI is InChI=1S/C23H30N6O3/c1-2-3-12-28-18(15-27-11-7-10-17(14-27)20(24)30)25-21-19(28)22(31)26-23(32)29(21)13-16-8-5-4-6-9-16/h4-6,8-9,17H,2-3,7,10-15H2,1H3,(H2,24,30)(H,26,31,32)/t17-/m1/s1. The number of nitrogens with two attached hydrogens (primary N) is 1. The lowest BCUT2D eigenvalue weighted by atomic mass is 9.97. The number of hydrogen-bond acceptors (Lipinski definition) is 5. The lowest BCUT2D eigenvalue weighted by molar-refractivity contribution is -0.123. The first-order valence-corrected chi connectivity index (χ1v) is 11.3. The number of unbranched alkanes of at least 4 members (excludes halogenated alkanes) is 1. The van der Waals surface area contributed by atoms with Crippen molar-refractivity contribution in [1.29, 1.82) is 0 Å². The van der Waals surface area contributed by atoms with Gasteiger partial charge in [-0.1, -0.05) is 43.7 Å². The highest BCUT2D eigenvalue weighted by molar-refractivity contribution is 5.77. The van der Waals surface area contributed by atoms with E-state index in [-0.39, 0.29) is 11.8 Å². The molecule has 1 amide bonds. The molecule has 0 radical (unpaired) electrons. The van der Waals surface area contributed by atoms with Gasteiger partial charge in [-0.05, 0) is 31.4 Å². The van der Waals surface area contributed by atoms with E-state index < -0.39 is 11.2 Å². The van der Waals surface area contributed by atoms with Crippen LogP contribution in [0.1, 0.15) is 44.0 Å². The SMILES string of the molecule is CCCCn1c(CN2CCC[C@@H](C(N)=O)C2)nc2c1c(=O)[nH]c(=O)n2Cc1ccccc1. The van der Waals surface area contributed by atoms with Gasteiger partial charge in [-0.3, -0.25) is 24.0 Å². The van der Waals surface area contributed by atoms with Crippen molar-refractivity contribution in [3.05, 3.63) is 62.6 Å². The van der Waals surface area contributed by atoms with Crippen LogP contribution in [0.2, 0.25) is 0 Å². The van der Waals surface area contributed by atoms with E-state index in [0.717, 1.165) is 43.6 Å². The third kappa shape index (κ3) is 4.52. The first-order chi connectivity index (χ1) is 15.5. The molecular weight excluding hydrogens is 408 g/mol. The van der Waals surface area contributed by atoms with Crippen molar-refractivity contribution in [2.45, 2.75) is 52.2 Å². The molecule has 32 heavy (non-hydrogen) atoms. The number of imidazole rings is 1. The summed E-state index contributed by atoms with van der Waals surface area (Å²) in [5.41, 5.74) is 6.43. The number of carbonyl (C=O) groups excluding carboxylic acids is 1. The number of aromatic nitrogens is 4. The highest BCUT2D eigenvalue weighted by atomic mass is 16.2. The number of piperidine rings is 1. The predicted molar refractivity (Wildman–Crippen MR) is 122 cm³/mol. The number of aryl methyl sites for hydroxylation is 1. The Balaban J connectivity index is 1.77. The van der Waals surface area contributed by atoms with Crippen LogP contribution >= 0.6 is 0 Å². The molecule has 3 heterocycles. The van der Waals surface area contributed by atoms with Crippen molar-refractivity contribution in [1.82, 2.24) is 24.0 Å². The number of amides is 1. The van der Waals surface area contributed by atoms with E-state index in [9.17, 15) is 14.4 Å². The second kappa shape index (κ2) is 9.52. The Morgan fingerprint density at radius 3 is 2.69 bits per heavy atom. The van der Waals surface area contributed by atoms with Crippen LogP contribution in [0, 0.1) is 5.92 Å². The average Bonchev–Trinajstić information content (AvgIpc) is 3.14. The van der Waals surface area contributed by atoms with Gasteiger partial charge >= 0.3 is 5.69 Å². The quantitative estimate of drug-likeness (QED) is 0.551. The first kappa shape index (κ1) is 22.0. The molecule has 9 heteroatoms. The average molecular weight is 439 g/mol. The Bertz CT molecular complexity index is 1210. The Kier molecular flexibility index (Phi) is 6.55. The number of benzene rings is 1. The summed E-state index contributed by atoms with van der Waals surface area (Å²) in [5, 5.41) is 0. The zero-order valence-electron chi connectivity index (χ0n) is 18.4. The van der Waals surface area contributed by atoms with Gasteiger partial charge in [0.05, 0.1) is 19.0 Å². The van der Waals surface area contributed by atoms with E-state index in [1.165, 1.54) is 4.57 Å². The number of fused-ring (bicyclic) bond motifs is 1. The summed E-state index contributed by atoms with van der Waals surface area (Å²) in [6.07, 6.45) is 3.55. The third-order valence-electron chi connectivity index (χ3n) is 6.16. The first-order valence-electron chi connectivity index (χ1n) is 11.3. The van der Waals surface area contributed by atoms with E-state index in [2.05, 4.69) is 16.8 Å². The van der Waals surface area contributed by atoms with Crippen LogP contribution in [-0.2, 0) is 24.4 Å². The molecule has 0 aliphatic carbocycles. The molecular formula is C23H30N6O3. The minimum atomic E-state index is -0.468. The summed E-state index contributed by atoms with van der Waals surface area (Å²) in [6.45, 7) is 4.98. The largest absolute Gasteiger partial charge is 0.369 e. The summed E-state index contributed by atoms with van der Waals surface area (Å²) < 4.78 is 3.47. The number of nitrogens with zero attached hydrogens (tertiary/aromatic N) is 4. The molecule has 0 spiro atoms. The highest BCUT2D eigenvalue weighted by Crippen LogP contribution is 2.20. The van der Waals surface area contributed by atoms with E-state index in [0.29, 0.717) is 37.3 Å². The molecule has 0 unspecified atom stereocenters. The van der Waals surface area contributed by atoms with Crippen molar-refractivity contribution in [3.63, 3.8) is 0 Å². The molecule has 170 valence electrons. The van der Waals surface area contributed by atoms with Gasteiger partial charge in [0.25, 0.3) is 5.56 Å². The summed E-state index contributed by atoms with van der Waals surface area (Å²) in [7, 11) is 0. The number of likely N-dealkylation sites (tertiary alicyclic amines) is 1. The number of nitrogens with one attached hydrogen (secondary N) is 1. The smallest absolute Gasteiger partial charge is 0.330 e. The monoisotopic (exact) mass is 438 g/mol. The molecule has 2 aromatic heterocycles. The molecule has 4 rings (SSSR count). The zero-order valence-corrected chi connectivity index (χ0v) is 18.4. The van der Waals surface area contributed by atoms with Crippen LogP contribution in [0.3, 0.4) is 0 Å². The number of primary amides is 1. The Morgan fingerprint density at radius 2 is 1.97 bits per heavy atom. The molecule has 3 N–H and O–H groups in total. The second-order valence-corrected chi connectivity index (χ2v) is 8.51. The minimum absolute atomic E-state index is 0.170. The number of H-pyrrole nitrogens is 1. The van der Waals surface area contributed by atoms with Crippen LogP contribution in [0.4, 0.5) is 0 Å². The summed E-state index contributed by atoms with van der Waals surface area (Å²) in [4.78, 5) is 46.7. The van der Waals surface area contributed by atoms with Gasteiger partial charge in [0.15, 0.2) is 11.2 Å². The molecule has 0 saturated carbocycles. The van der Waals surface area contributed by atoms with Crippen molar-refractivity contribution in [2.24, 2.45) is 11.7 Å². The number of carbonyl (C=O) groups is 1. The molecule has 1 aliphatic heterocycles. The maximum absolute atomic E-state index is 12.8. The van der Waals surface area contributed by atoms with Crippen molar-refractivity contribution >= 4 is 17.1 Å². The van der Waals surface area contributed by atoms with Gasteiger partial charge in [-0.2, -0.15) is 0 Å². The van der Waals surface area contributed by atoms with Gasteiger partial charge in [0, 0.05) is 13.1 Å². The number of rotatable bonds is 8. The van der Waals surface area contributed by atoms with Gasteiger partial charge < -0.3 is 10.3 Å². The van der Waals surface area contributed by atoms with Crippen molar-refractivity contribution in [3.8, 4) is 0 Å². The fraction of sp³-hybridized carbons (Fsp3) is 0.478. The van der Waals surface area contributed by atoms with Gasteiger partial charge in [0.2, 0.25) is 5.91 Å². The number of aromatic amines is 1. The predicted octanol–water partition coefficient (Wildman–Crippen LogP) is 1.43. The third-order valence-corrected chi connectivity index (χ3v) is 6.16. The van der Waals surface area contributed by atoms with Gasteiger partial charge in [-0.25, -0.2) is 9.78 Å². The molecule has 1 atom stereocenters. The van der Waals surface area contributed by atoms with Crippen LogP contribution in [0.25, 0.3) is 11.2 Å². The minimum Gasteiger partial charge on any atom is -0.369 e. The summed E-state index contributed by atoms with van der Waals surface area (Å²) in [6, 6.07) is 9.64. The van der Waals surface area contributed by atoms with Crippen LogP contribution in [-0.4, -0.2) is 43.0 Å². The fourth-order valence-electron chi connectivity index (χ4n) is 4.44. The molecule has 1 aliphatic rings. The van der Waals surface area contributed by atoms with Crippen LogP contribution in [0.15, 0.2) is 39.9 Å². The maximum atomic E-state index is 12.8. The van der Waals surface area contributed by atoms with E-state index >= 15 is 0 Å². The Morgan fingerprint density at radius 1 is 1.19 bits per heavy atom. The van der Waals surface area contributed by atoms with E-state index in [1.807, 2.05) is 34.9 Å². The molecule has 3 aromatic rings. The molecule has 0 bridgehead atoms. The van der Waals surface area contributed by atoms with E-state index in [1.54, 1.807) is 0 Å².